The van der Waals surface area contributed by atoms with Crippen LogP contribution < -0.4 is 5.32 Å². The fourth-order valence-electron chi connectivity index (χ4n) is 3.37. The van der Waals surface area contributed by atoms with E-state index >= 15 is 0 Å². The second-order valence-electron chi connectivity index (χ2n) is 6.70. The van der Waals surface area contributed by atoms with Crippen molar-refractivity contribution in [3.05, 3.63) is 59.6 Å². The highest BCUT2D eigenvalue weighted by atomic mass is 32.1. The van der Waals surface area contributed by atoms with E-state index < -0.39 is 0 Å². The summed E-state index contributed by atoms with van der Waals surface area (Å²) in [6.07, 6.45) is 4.71. The maximum absolute atomic E-state index is 12.5. The van der Waals surface area contributed by atoms with Crippen LogP contribution >= 0.6 is 11.3 Å². The Balaban J connectivity index is 1.51. The molecule has 6 nitrogen and oxygen atoms in total. The van der Waals surface area contributed by atoms with Gasteiger partial charge in [-0.25, -0.2) is 9.97 Å². The van der Waals surface area contributed by atoms with Crippen LogP contribution in [0.5, 0.6) is 0 Å². The van der Waals surface area contributed by atoms with E-state index in [4.69, 9.17) is 0 Å². The van der Waals surface area contributed by atoms with Crippen LogP contribution in [0, 0.1) is 6.92 Å². The number of amides is 1. The van der Waals surface area contributed by atoms with Crippen molar-refractivity contribution in [3.8, 4) is 10.7 Å². The molecule has 0 spiro atoms. The van der Waals surface area contributed by atoms with Gasteiger partial charge in [-0.05, 0) is 25.5 Å². The van der Waals surface area contributed by atoms with E-state index in [2.05, 4.69) is 51.0 Å². The number of nitrogens with one attached hydrogen (secondary N) is 1. The lowest BCUT2D eigenvalue weighted by Crippen LogP contribution is -2.27. The lowest BCUT2D eigenvalue weighted by atomic mass is 10.2. The smallest absolute Gasteiger partial charge is 0.270 e. The second-order valence-corrected chi connectivity index (χ2v) is 7.56. The first-order valence-corrected chi connectivity index (χ1v) is 10.4. The highest BCUT2D eigenvalue weighted by Gasteiger charge is 2.16. The van der Waals surface area contributed by atoms with Gasteiger partial charge in [0.25, 0.3) is 5.91 Å². The van der Waals surface area contributed by atoms with Crippen molar-refractivity contribution in [1.29, 1.82) is 0 Å². The Bertz CT molecular complexity index is 1110. The van der Waals surface area contributed by atoms with Gasteiger partial charge in [0.2, 0.25) is 0 Å². The highest BCUT2D eigenvalue weighted by Crippen LogP contribution is 2.30. The number of hydrogen-bond donors (Lipinski definition) is 1. The molecule has 0 aliphatic heterocycles. The van der Waals surface area contributed by atoms with Gasteiger partial charge in [0, 0.05) is 48.3 Å². The van der Waals surface area contributed by atoms with E-state index in [0.29, 0.717) is 18.8 Å². The molecule has 0 aliphatic rings. The third-order valence-corrected chi connectivity index (χ3v) is 5.64. The zero-order valence-corrected chi connectivity index (χ0v) is 16.9. The van der Waals surface area contributed by atoms with Crippen molar-refractivity contribution in [1.82, 2.24) is 24.4 Å². The molecule has 28 heavy (non-hydrogen) atoms. The molecule has 4 rings (SSSR count). The fourth-order valence-corrected chi connectivity index (χ4v) is 4.19. The minimum absolute atomic E-state index is 0.140. The maximum Gasteiger partial charge on any atom is 0.270 e. The highest BCUT2D eigenvalue weighted by molar-refractivity contribution is 7.13. The number of aryl methyl sites for hydroxylation is 2. The van der Waals surface area contributed by atoms with Crippen LogP contribution in [0.1, 0.15) is 29.7 Å². The quantitative estimate of drug-likeness (QED) is 0.514. The topological polar surface area (TPSA) is 64.7 Å². The number of nitrogens with zero attached hydrogens (tertiary/aromatic N) is 4. The van der Waals surface area contributed by atoms with Crippen LogP contribution in [0.2, 0.25) is 0 Å². The van der Waals surface area contributed by atoms with Crippen LogP contribution in [0.15, 0.2) is 48.1 Å². The van der Waals surface area contributed by atoms with Crippen molar-refractivity contribution in [3.63, 3.8) is 0 Å². The third-order valence-electron chi connectivity index (χ3n) is 4.78. The molecule has 0 saturated carbocycles. The minimum Gasteiger partial charge on any atom is -0.349 e. The lowest BCUT2D eigenvalue weighted by molar-refractivity contribution is 0.0948. The zero-order valence-electron chi connectivity index (χ0n) is 16.1. The first-order chi connectivity index (χ1) is 13.7. The van der Waals surface area contributed by atoms with Gasteiger partial charge in [-0.1, -0.05) is 25.1 Å². The predicted molar refractivity (Wildman–Crippen MR) is 113 cm³/mol. The zero-order chi connectivity index (χ0) is 19.5. The van der Waals surface area contributed by atoms with Gasteiger partial charge in [-0.2, -0.15) is 0 Å². The molecule has 7 heteroatoms. The molecule has 0 bridgehead atoms. The summed E-state index contributed by atoms with van der Waals surface area (Å²) in [7, 11) is 0. The second kappa shape index (κ2) is 7.98. The average Bonchev–Trinajstić information content (AvgIpc) is 3.41. The van der Waals surface area contributed by atoms with E-state index in [1.165, 1.54) is 22.2 Å². The molecular weight excluding hydrogens is 370 g/mol. The number of benzene rings is 1. The molecule has 0 unspecified atom stereocenters. The fraction of sp³-hybridized carbons (Fsp3) is 0.286. The summed E-state index contributed by atoms with van der Waals surface area (Å²) < 4.78 is 4.30. The Labute approximate surface area is 167 Å². The molecule has 1 N–H and O–H groups in total. The van der Waals surface area contributed by atoms with Gasteiger partial charge in [0.05, 0.1) is 5.69 Å². The Morgan fingerprint density at radius 3 is 2.89 bits per heavy atom. The number of imidazole rings is 1. The molecule has 1 aromatic carbocycles. The minimum atomic E-state index is -0.140. The van der Waals surface area contributed by atoms with Gasteiger partial charge in [0.1, 0.15) is 16.5 Å². The Morgan fingerprint density at radius 1 is 1.25 bits per heavy atom. The number of fused-ring (bicyclic) bond motifs is 1. The van der Waals surface area contributed by atoms with Gasteiger partial charge in [0.15, 0.2) is 0 Å². The Hall–Kier alpha value is -2.93. The average molecular weight is 394 g/mol. The summed E-state index contributed by atoms with van der Waals surface area (Å²) in [5.41, 5.74) is 2.74. The van der Waals surface area contributed by atoms with Crippen molar-refractivity contribution in [2.75, 3.05) is 6.54 Å². The number of carbonyl (C=O) groups is 1. The van der Waals surface area contributed by atoms with Crippen LogP contribution in [0.25, 0.3) is 21.6 Å². The summed E-state index contributed by atoms with van der Waals surface area (Å²) in [5.74, 6) is 0.798. The summed E-state index contributed by atoms with van der Waals surface area (Å²) in [6, 6.07) is 10.5. The molecule has 0 saturated heterocycles. The number of rotatable bonds is 7. The third kappa shape index (κ3) is 3.57. The molecule has 0 fully saturated rings. The standard InChI is InChI=1S/C21H23N5OS/c1-3-10-26-18-7-5-4-6-16(18)13-19(26)21-24-17(14-28-21)20(27)23-9-12-25-11-8-22-15(25)2/h4-8,11,13-14H,3,9-10,12H2,1-2H3,(H,23,27). The molecule has 1 amide bonds. The number of para-hydroxylation sites is 1. The number of thiazole rings is 1. The van der Waals surface area contributed by atoms with E-state index in [0.717, 1.165) is 29.5 Å². The summed E-state index contributed by atoms with van der Waals surface area (Å²) in [6.45, 7) is 6.28. The van der Waals surface area contributed by atoms with Crippen molar-refractivity contribution >= 4 is 28.1 Å². The summed E-state index contributed by atoms with van der Waals surface area (Å²) in [5, 5.41) is 6.85. The molecular formula is C21H23N5OS. The van der Waals surface area contributed by atoms with Gasteiger partial charge < -0.3 is 14.5 Å². The number of aromatic nitrogens is 4. The number of carbonyl (C=O) groups excluding carboxylic acids is 1. The first kappa shape index (κ1) is 18.4. The molecule has 144 valence electrons. The summed E-state index contributed by atoms with van der Waals surface area (Å²) in [4.78, 5) is 21.3. The molecule has 3 heterocycles. The normalized spacial score (nSPS) is 11.2. The van der Waals surface area contributed by atoms with Crippen LogP contribution in [0.4, 0.5) is 0 Å². The maximum atomic E-state index is 12.5. The van der Waals surface area contributed by atoms with Crippen LogP contribution in [-0.4, -0.2) is 31.6 Å². The van der Waals surface area contributed by atoms with E-state index in [9.17, 15) is 4.79 Å². The van der Waals surface area contributed by atoms with E-state index in [1.54, 1.807) is 6.20 Å². The predicted octanol–water partition coefficient (Wildman–Crippen LogP) is 4.11. The van der Waals surface area contributed by atoms with Crippen molar-refractivity contribution in [2.24, 2.45) is 0 Å². The van der Waals surface area contributed by atoms with Crippen LogP contribution in [0.3, 0.4) is 0 Å². The Kier molecular flexibility index (Phi) is 5.25. The SMILES string of the molecule is CCCn1c(-c2nc(C(=O)NCCn3ccnc3C)cs2)cc2ccccc21. The largest absolute Gasteiger partial charge is 0.349 e. The van der Waals surface area contributed by atoms with Gasteiger partial charge in [-0.3, -0.25) is 4.79 Å². The first-order valence-electron chi connectivity index (χ1n) is 9.47. The molecule has 0 atom stereocenters. The van der Waals surface area contributed by atoms with Crippen LogP contribution in [-0.2, 0) is 13.1 Å². The van der Waals surface area contributed by atoms with Crippen molar-refractivity contribution in [2.45, 2.75) is 33.4 Å². The van der Waals surface area contributed by atoms with Gasteiger partial charge in [-0.15, -0.1) is 11.3 Å². The molecule has 0 radical (unpaired) electrons. The van der Waals surface area contributed by atoms with Gasteiger partial charge >= 0.3 is 0 Å². The van der Waals surface area contributed by atoms with Crippen molar-refractivity contribution < 1.29 is 4.79 Å². The summed E-state index contributed by atoms with van der Waals surface area (Å²) >= 11 is 1.51. The van der Waals surface area contributed by atoms with E-state index in [1.807, 2.05) is 29.1 Å². The Morgan fingerprint density at radius 2 is 2.11 bits per heavy atom. The molecule has 3 aromatic heterocycles. The lowest BCUT2D eigenvalue weighted by Gasteiger charge is -2.07. The number of hydrogen-bond acceptors (Lipinski definition) is 4. The monoisotopic (exact) mass is 393 g/mol. The molecule has 0 aliphatic carbocycles. The van der Waals surface area contributed by atoms with E-state index in [-0.39, 0.29) is 5.91 Å². The molecule has 4 aromatic rings.